The highest BCUT2D eigenvalue weighted by Crippen LogP contribution is 2.12. The molecule has 0 bridgehead atoms. The third-order valence-electron chi connectivity index (χ3n) is 2.55. The SMILES string of the molecule is COC(=O)c1cccc(NC(=O)c2cc(=O)[nH]c(=O)[nH]2)c1. The summed E-state index contributed by atoms with van der Waals surface area (Å²) in [5, 5.41) is 2.46. The summed E-state index contributed by atoms with van der Waals surface area (Å²) in [6.45, 7) is 0. The fraction of sp³-hybridized carbons (Fsp3) is 0.0769. The second-order valence-electron chi connectivity index (χ2n) is 4.03. The molecule has 108 valence electrons. The lowest BCUT2D eigenvalue weighted by molar-refractivity contribution is 0.0600. The number of rotatable bonds is 3. The van der Waals surface area contributed by atoms with E-state index >= 15 is 0 Å². The van der Waals surface area contributed by atoms with Gasteiger partial charge in [0.15, 0.2) is 0 Å². The largest absolute Gasteiger partial charge is 0.465 e. The van der Waals surface area contributed by atoms with Crippen LogP contribution in [0.3, 0.4) is 0 Å². The summed E-state index contributed by atoms with van der Waals surface area (Å²) in [6.07, 6.45) is 0. The molecular weight excluding hydrogens is 278 g/mol. The van der Waals surface area contributed by atoms with Gasteiger partial charge in [0.1, 0.15) is 5.69 Å². The molecule has 0 fully saturated rings. The van der Waals surface area contributed by atoms with Gasteiger partial charge in [-0.15, -0.1) is 0 Å². The molecule has 0 atom stereocenters. The van der Waals surface area contributed by atoms with Crippen molar-refractivity contribution in [3.63, 3.8) is 0 Å². The molecule has 21 heavy (non-hydrogen) atoms. The highest BCUT2D eigenvalue weighted by Gasteiger charge is 2.10. The molecule has 2 rings (SSSR count). The molecule has 1 aromatic heterocycles. The second-order valence-corrected chi connectivity index (χ2v) is 4.03. The lowest BCUT2D eigenvalue weighted by Crippen LogP contribution is -2.27. The summed E-state index contributed by atoms with van der Waals surface area (Å²) in [5.74, 6) is -1.23. The molecule has 0 unspecified atom stereocenters. The minimum atomic E-state index is -0.782. The second kappa shape index (κ2) is 5.87. The molecule has 0 radical (unpaired) electrons. The number of benzene rings is 1. The molecule has 1 heterocycles. The van der Waals surface area contributed by atoms with Crippen molar-refractivity contribution >= 4 is 17.6 Å². The van der Waals surface area contributed by atoms with Crippen LogP contribution >= 0.6 is 0 Å². The van der Waals surface area contributed by atoms with Crippen LogP contribution in [0.1, 0.15) is 20.8 Å². The Balaban J connectivity index is 2.25. The minimum Gasteiger partial charge on any atom is -0.465 e. The van der Waals surface area contributed by atoms with E-state index in [-0.39, 0.29) is 11.3 Å². The quantitative estimate of drug-likeness (QED) is 0.692. The summed E-state index contributed by atoms with van der Waals surface area (Å²) < 4.78 is 4.57. The molecule has 0 spiro atoms. The molecule has 0 aliphatic heterocycles. The molecule has 3 N–H and O–H groups in total. The minimum absolute atomic E-state index is 0.188. The number of methoxy groups -OCH3 is 1. The van der Waals surface area contributed by atoms with E-state index in [0.29, 0.717) is 5.69 Å². The van der Waals surface area contributed by atoms with Gasteiger partial charge in [-0.25, -0.2) is 9.59 Å². The lowest BCUT2D eigenvalue weighted by Gasteiger charge is -2.06. The zero-order valence-electron chi connectivity index (χ0n) is 10.9. The maximum absolute atomic E-state index is 11.9. The Bertz CT molecular complexity index is 777. The summed E-state index contributed by atoms with van der Waals surface area (Å²) in [7, 11) is 1.24. The molecular formula is C13H11N3O5. The third kappa shape index (κ3) is 3.44. The number of H-pyrrole nitrogens is 2. The topological polar surface area (TPSA) is 121 Å². The number of carbonyl (C=O) groups excluding carboxylic acids is 2. The van der Waals surface area contributed by atoms with E-state index in [9.17, 15) is 19.2 Å². The number of aromatic amines is 2. The fourth-order valence-electron chi connectivity index (χ4n) is 1.63. The molecule has 2 aromatic rings. The number of hydrogen-bond donors (Lipinski definition) is 3. The van der Waals surface area contributed by atoms with E-state index in [1.165, 1.54) is 19.2 Å². The van der Waals surface area contributed by atoms with Gasteiger partial charge in [-0.1, -0.05) is 6.07 Å². The number of aromatic nitrogens is 2. The van der Waals surface area contributed by atoms with E-state index in [0.717, 1.165) is 6.07 Å². The summed E-state index contributed by atoms with van der Waals surface area (Å²) >= 11 is 0. The highest BCUT2D eigenvalue weighted by atomic mass is 16.5. The van der Waals surface area contributed by atoms with Crippen LogP contribution in [0.15, 0.2) is 39.9 Å². The number of anilines is 1. The van der Waals surface area contributed by atoms with Crippen LogP contribution in [0.2, 0.25) is 0 Å². The van der Waals surface area contributed by atoms with Gasteiger partial charge in [-0.05, 0) is 18.2 Å². The van der Waals surface area contributed by atoms with Gasteiger partial charge in [0.2, 0.25) is 0 Å². The van der Waals surface area contributed by atoms with Crippen molar-refractivity contribution in [2.24, 2.45) is 0 Å². The summed E-state index contributed by atoms with van der Waals surface area (Å²) in [5.41, 5.74) is -1.07. The van der Waals surface area contributed by atoms with Crippen LogP contribution in [0.25, 0.3) is 0 Å². The molecule has 0 saturated carbocycles. The zero-order chi connectivity index (χ0) is 15.4. The normalized spacial score (nSPS) is 9.95. The van der Waals surface area contributed by atoms with Crippen molar-refractivity contribution in [1.82, 2.24) is 9.97 Å². The molecule has 1 aromatic carbocycles. The number of amides is 1. The first-order valence-corrected chi connectivity index (χ1v) is 5.83. The Kier molecular flexibility index (Phi) is 3.98. The molecule has 8 nitrogen and oxygen atoms in total. The monoisotopic (exact) mass is 289 g/mol. The van der Waals surface area contributed by atoms with Gasteiger partial charge in [-0.3, -0.25) is 14.6 Å². The Morgan fingerprint density at radius 1 is 1.14 bits per heavy atom. The predicted molar refractivity (Wildman–Crippen MR) is 73.4 cm³/mol. The van der Waals surface area contributed by atoms with Gasteiger partial charge in [0, 0.05) is 11.8 Å². The maximum atomic E-state index is 11.9. The van der Waals surface area contributed by atoms with E-state index in [1.54, 1.807) is 12.1 Å². The third-order valence-corrected chi connectivity index (χ3v) is 2.55. The van der Waals surface area contributed by atoms with E-state index in [1.807, 2.05) is 4.98 Å². The Hall–Kier alpha value is -3.16. The molecule has 0 aliphatic carbocycles. The van der Waals surface area contributed by atoms with E-state index in [2.05, 4.69) is 15.0 Å². The first kappa shape index (κ1) is 14.3. The van der Waals surface area contributed by atoms with Gasteiger partial charge < -0.3 is 15.0 Å². The molecule has 8 heteroatoms. The van der Waals surface area contributed by atoms with E-state index in [4.69, 9.17) is 0 Å². The number of hydrogen-bond acceptors (Lipinski definition) is 5. The smallest absolute Gasteiger partial charge is 0.337 e. The molecule has 1 amide bonds. The standard InChI is InChI=1S/C13H11N3O5/c1-21-12(19)7-3-2-4-8(5-7)14-11(18)9-6-10(17)16-13(20)15-9/h2-6H,1H3,(H,14,18)(H2,15,16,17,20). The van der Waals surface area contributed by atoms with Gasteiger partial charge in [0.05, 0.1) is 12.7 Å². The van der Waals surface area contributed by atoms with Crippen molar-refractivity contribution in [3.8, 4) is 0 Å². The first-order chi connectivity index (χ1) is 9.99. The average molecular weight is 289 g/mol. The maximum Gasteiger partial charge on any atom is 0.337 e. The molecule has 0 aliphatic rings. The number of carbonyl (C=O) groups is 2. The van der Waals surface area contributed by atoms with Gasteiger partial charge in [0.25, 0.3) is 11.5 Å². The van der Waals surface area contributed by atoms with Crippen LogP contribution in [0.5, 0.6) is 0 Å². The Morgan fingerprint density at radius 3 is 2.57 bits per heavy atom. The van der Waals surface area contributed by atoms with Crippen molar-refractivity contribution < 1.29 is 14.3 Å². The van der Waals surface area contributed by atoms with Crippen molar-refractivity contribution in [2.75, 3.05) is 12.4 Å². The zero-order valence-corrected chi connectivity index (χ0v) is 10.9. The van der Waals surface area contributed by atoms with Gasteiger partial charge >= 0.3 is 11.7 Å². The van der Waals surface area contributed by atoms with Crippen LogP contribution in [0, 0.1) is 0 Å². The number of ether oxygens (including phenoxy) is 1. The van der Waals surface area contributed by atoms with Crippen LogP contribution in [0.4, 0.5) is 5.69 Å². The molecule has 0 saturated heterocycles. The van der Waals surface area contributed by atoms with E-state index < -0.39 is 23.1 Å². The number of esters is 1. The predicted octanol–water partition coefficient (Wildman–Crippen LogP) is 0.102. The van der Waals surface area contributed by atoms with Crippen LogP contribution in [-0.2, 0) is 4.74 Å². The average Bonchev–Trinajstić information content (AvgIpc) is 2.45. The number of nitrogens with one attached hydrogen (secondary N) is 3. The lowest BCUT2D eigenvalue weighted by atomic mass is 10.2. The summed E-state index contributed by atoms with van der Waals surface area (Å²) in [4.78, 5) is 49.7. The van der Waals surface area contributed by atoms with Crippen molar-refractivity contribution in [1.29, 1.82) is 0 Å². The highest BCUT2D eigenvalue weighted by molar-refractivity contribution is 6.03. The first-order valence-electron chi connectivity index (χ1n) is 5.83. The van der Waals surface area contributed by atoms with Crippen molar-refractivity contribution in [3.05, 3.63) is 62.4 Å². The van der Waals surface area contributed by atoms with Crippen LogP contribution in [-0.4, -0.2) is 29.0 Å². The summed E-state index contributed by atoms with van der Waals surface area (Å²) in [6, 6.07) is 7.00. The van der Waals surface area contributed by atoms with Gasteiger partial charge in [-0.2, -0.15) is 0 Å². The fourth-order valence-corrected chi connectivity index (χ4v) is 1.63. The van der Waals surface area contributed by atoms with Crippen LogP contribution < -0.4 is 16.6 Å². The Labute approximate surface area is 117 Å². The Morgan fingerprint density at radius 2 is 1.90 bits per heavy atom. The van der Waals surface area contributed by atoms with Crippen molar-refractivity contribution in [2.45, 2.75) is 0 Å².